The van der Waals surface area contributed by atoms with Gasteiger partial charge < -0.3 is 25.4 Å². The molecule has 0 unspecified atom stereocenters. The number of benzene rings is 3. The lowest BCUT2D eigenvalue weighted by atomic mass is 10.1. The lowest BCUT2D eigenvalue weighted by Gasteiger charge is -2.18. The van der Waals surface area contributed by atoms with Crippen LogP contribution >= 0.6 is 0 Å². The molecule has 5 rings (SSSR count). The largest absolute Gasteiger partial charge is 0.486 e. The minimum Gasteiger partial charge on any atom is -0.486 e. The second-order valence-corrected chi connectivity index (χ2v) is 9.49. The van der Waals surface area contributed by atoms with Gasteiger partial charge in [0.05, 0.1) is 35.7 Å². The van der Waals surface area contributed by atoms with Crippen LogP contribution in [0.3, 0.4) is 0 Å². The molecule has 1 aliphatic rings. The van der Waals surface area contributed by atoms with E-state index >= 15 is 0 Å². The SMILES string of the molecule is C#Cc1cccc(Nc2c(C#N)cnc3cc(O[C@H]4CCOC4)c(NC(=O)/C=C/CNCc4ccccc4)cc23)c1. The molecule has 204 valence electrons. The molecule has 2 heterocycles. The summed E-state index contributed by atoms with van der Waals surface area (Å²) in [5.74, 6) is 2.80. The maximum absolute atomic E-state index is 12.9. The smallest absolute Gasteiger partial charge is 0.248 e. The summed E-state index contributed by atoms with van der Waals surface area (Å²) in [6.45, 7) is 2.32. The number of anilines is 3. The van der Waals surface area contributed by atoms with Crippen molar-refractivity contribution in [2.75, 3.05) is 30.4 Å². The van der Waals surface area contributed by atoms with Crippen molar-refractivity contribution in [3.05, 3.63) is 102 Å². The summed E-state index contributed by atoms with van der Waals surface area (Å²) in [7, 11) is 0. The van der Waals surface area contributed by atoms with Crippen LogP contribution in [0.15, 0.2) is 85.1 Å². The fourth-order valence-electron chi connectivity index (χ4n) is 4.49. The van der Waals surface area contributed by atoms with Gasteiger partial charge in [0.15, 0.2) is 0 Å². The summed E-state index contributed by atoms with van der Waals surface area (Å²) in [6, 6.07) is 23.2. The Bertz CT molecular complexity index is 1650. The fourth-order valence-corrected chi connectivity index (χ4v) is 4.49. The number of carbonyl (C=O) groups excluding carboxylic acids is 1. The molecule has 1 aliphatic heterocycles. The minimum atomic E-state index is -0.306. The predicted molar refractivity (Wildman–Crippen MR) is 160 cm³/mol. The second kappa shape index (κ2) is 13.3. The fraction of sp³-hybridized carbons (Fsp3) is 0.182. The predicted octanol–water partition coefficient (Wildman–Crippen LogP) is 5.28. The van der Waals surface area contributed by atoms with Crippen LogP contribution in [0.1, 0.15) is 23.1 Å². The van der Waals surface area contributed by atoms with Gasteiger partial charge in [0.2, 0.25) is 5.91 Å². The minimum absolute atomic E-state index is 0.136. The van der Waals surface area contributed by atoms with E-state index in [-0.39, 0.29) is 12.0 Å². The number of amides is 1. The Balaban J connectivity index is 1.41. The summed E-state index contributed by atoms with van der Waals surface area (Å²) in [6.07, 6.45) is 11.0. The first kappa shape index (κ1) is 27.4. The number of pyridine rings is 1. The van der Waals surface area contributed by atoms with E-state index in [4.69, 9.17) is 15.9 Å². The lowest BCUT2D eigenvalue weighted by Crippen LogP contribution is -2.18. The molecule has 0 aliphatic carbocycles. The Morgan fingerprint density at radius 3 is 2.83 bits per heavy atom. The quantitative estimate of drug-likeness (QED) is 0.142. The average Bonchev–Trinajstić information content (AvgIpc) is 3.51. The third kappa shape index (κ3) is 7.09. The zero-order chi connectivity index (χ0) is 28.4. The average molecular weight is 544 g/mol. The lowest BCUT2D eigenvalue weighted by molar-refractivity contribution is -0.111. The van der Waals surface area contributed by atoms with Gasteiger partial charge in [-0.3, -0.25) is 9.78 Å². The number of rotatable bonds is 10. The van der Waals surface area contributed by atoms with Crippen molar-refractivity contribution in [3.63, 3.8) is 0 Å². The molecule has 8 heteroatoms. The summed E-state index contributed by atoms with van der Waals surface area (Å²) in [4.78, 5) is 17.4. The number of hydrogen-bond donors (Lipinski definition) is 3. The van der Waals surface area contributed by atoms with Crippen LogP contribution in [-0.2, 0) is 16.1 Å². The van der Waals surface area contributed by atoms with Crippen molar-refractivity contribution >= 4 is 33.9 Å². The maximum Gasteiger partial charge on any atom is 0.248 e. The zero-order valence-electron chi connectivity index (χ0n) is 22.4. The van der Waals surface area contributed by atoms with Crippen LogP contribution in [0.25, 0.3) is 10.9 Å². The van der Waals surface area contributed by atoms with Crippen molar-refractivity contribution in [2.45, 2.75) is 19.1 Å². The van der Waals surface area contributed by atoms with E-state index in [0.717, 1.165) is 12.1 Å². The molecular formula is C33H29N5O3. The molecule has 4 aromatic rings. The highest BCUT2D eigenvalue weighted by molar-refractivity contribution is 6.04. The first-order chi connectivity index (χ1) is 20.1. The molecule has 1 amide bonds. The molecule has 41 heavy (non-hydrogen) atoms. The highest BCUT2D eigenvalue weighted by atomic mass is 16.5. The molecule has 1 fully saturated rings. The summed E-state index contributed by atoms with van der Waals surface area (Å²) >= 11 is 0. The van der Waals surface area contributed by atoms with E-state index in [1.165, 1.54) is 17.8 Å². The van der Waals surface area contributed by atoms with Gasteiger partial charge in [-0.1, -0.05) is 48.4 Å². The number of nitrogens with zero attached hydrogens (tertiary/aromatic N) is 2. The Hall–Kier alpha value is -5.15. The van der Waals surface area contributed by atoms with Crippen molar-refractivity contribution in [1.82, 2.24) is 10.3 Å². The van der Waals surface area contributed by atoms with Crippen LogP contribution in [0.4, 0.5) is 17.1 Å². The van der Waals surface area contributed by atoms with Crippen LogP contribution in [0, 0.1) is 23.7 Å². The first-order valence-corrected chi connectivity index (χ1v) is 13.3. The van der Waals surface area contributed by atoms with E-state index < -0.39 is 0 Å². The molecular weight excluding hydrogens is 514 g/mol. The van der Waals surface area contributed by atoms with Gasteiger partial charge in [-0.2, -0.15) is 5.26 Å². The van der Waals surface area contributed by atoms with E-state index in [1.807, 2.05) is 54.6 Å². The molecule has 1 atom stereocenters. The normalized spacial score (nSPS) is 14.4. The van der Waals surface area contributed by atoms with E-state index in [1.54, 1.807) is 18.2 Å². The van der Waals surface area contributed by atoms with Gasteiger partial charge in [-0.25, -0.2) is 0 Å². The molecule has 0 spiro atoms. The van der Waals surface area contributed by atoms with Crippen LogP contribution in [0.5, 0.6) is 5.75 Å². The standard InChI is InChI=1S/C33H29N5O3/c1-2-23-10-6-11-26(16-23)37-33-25(19-34)21-36-29-18-31(41-27-13-15-40-22-27)30(17-28(29)33)38-32(39)12-7-14-35-20-24-8-4-3-5-9-24/h1,3-12,16-18,21,27,35H,13-15,20,22H2,(H,36,37)(H,38,39)/b12-7+/t27-/m0/s1. The topological polar surface area (TPSA) is 108 Å². The third-order valence-electron chi connectivity index (χ3n) is 6.53. The van der Waals surface area contributed by atoms with Gasteiger partial charge >= 0.3 is 0 Å². The van der Waals surface area contributed by atoms with Gasteiger partial charge in [0.25, 0.3) is 0 Å². The van der Waals surface area contributed by atoms with E-state index in [2.05, 4.69) is 32.9 Å². The zero-order valence-corrected chi connectivity index (χ0v) is 22.4. The number of fused-ring (bicyclic) bond motifs is 1. The molecule has 3 N–H and O–H groups in total. The number of nitriles is 1. The Morgan fingerprint density at radius 2 is 2.05 bits per heavy atom. The van der Waals surface area contributed by atoms with E-state index in [0.29, 0.717) is 65.5 Å². The monoisotopic (exact) mass is 543 g/mol. The highest BCUT2D eigenvalue weighted by Gasteiger charge is 2.21. The maximum atomic E-state index is 12.9. The van der Waals surface area contributed by atoms with Crippen LogP contribution in [0.2, 0.25) is 0 Å². The summed E-state index contributed by atoms with van der Waals surface area (Å²) < 4.78 is 11.7. The van der Waals surface area contributed by atoms with Crippen LogP contribution < -0.4 is 20.7 Å². The Kier molecular flexibility index (Phi) is 8.88. The number of carbonyl (C=O) groups is 1. The molecule has 0 saturated carbocycles. The number of nitrogens with one attached hydrogen (secondary N) is 3. The highest BCUT2D eigenvalue weighted by Crippen LogP contribution is 2.37. The Labute approximate surface area is 239 Å². The molecule has 0 radical (unpaired) electrons. The van der Waals surface area contributed by atoms with Gasteiger partial charge in [-0.15, -0.1) is 6.42 Å². The molecule has 3 aromatic carbocycles. The number of aromatic nitrogens is 1. The first-order valence-electron chi connectivity index (χ1n) is 13.3. The second-order valence-electron chi connectivity index (χ2n) is 9.49. The third-order valence-corrected chi connectivity index (χ3v) is 6.53. The molecule has 1 aromatic heterocycles. The Morgan fingerprint density at radius 1 is 1.17 bits per heavy atom. The van der Waals surface area contributed by atoms with Crippen molar-refractivity contribution in [3.8, 4) is 24.2 Å². The van der Waals surface area contributed by atoms with Gasteiger partial charge in [0, 0.05) is 54.5 Å². The van der Waals surface area contributed by atoms with Gasteiger partial charge in [-0.05, 0) is 29.8 Å². The van der Waals surface area contributed by atoms with Crippen molar-refractivity contribution < 1.29 is 14.3 Å². The molecule has 8 nitrogen and oxygen atoms in total. The number of hydrogen-bond acceptors (Lipinski definition) is 7. The van der Waals surface area contributed by atoms with E-state index in [9.17, 15) is 10.1 Å². The van der Waals surface area contributed by atoms with Crippen molar-refractivity contribution in [1.29, 1.82) is 5.26 Å². The van der Waals surface area contributed by atoms with Gasteiger partial charge in [0.1, 0.15) is 17.9 Å². The summed E-state index contributed by atoms with van der Waals surface area (Å²) in [5.41, 5.74) is 4.58. The summed E-state index contributed by atoms with van der Waals surface area (Å²) in [5, 5.41) is 20.1. The van der Waals surface area contributed by atoms with Crippen LogP contribution in [-0.4, -0.2) is 36.8 Å². The van der Waals surface area contributed by atoms with Crippen molar-refractivity contribution in [2.24, 2.45) is 0 Å². The molecule has 0 bridgehead atoms. The molecule has 1 saturated heterocycles. The number of ether oxygens (including phenoxy) is 2. The number of terminal acetylenes is 1.